The molecule has 7 nitrogen and oxygen atoms in total. The second-order valence-electron chi connectivity index (χ2n) is 6.56. The number of aryl methyl sites for hydroxylation is 1. The Hall–Kier alpha value is -1.47. The van der Waals surface area contributed by atoms with Gasteiger partial charge in [0.2, 0.25) is 0 Å². The molecule has 4 heterocycles. The second kappa shape index (κ2) is 6.57. The van der Waals surface area contributed by atoms with Gasteiger partial charge in [-0.15, -0.1) is 10.2 Å². The van der Waals surface area contributed by atoms with Crippen molar-refractivity contribution in [3.8, 4) is 0 Å². The number of ether oxygens (including phenoxy) is 2. The summed E-state index contributed by atoms with van der Waals surface area (Å²) in [6, 6.07) is 0.0346. The van der Waals surface area contributed by atoms with Crippen molar-refractivity contribution in [3.63, 3.8) is 0 Å². The lowest BCUT2D eigenvalue weighted by Crippen LogP contribution is -2.45. The van der Waals surface area contributed by atoms with Gasteiger partial charge in [-0.1, -0.05) is 6.42 Å². The van der Waals surface area contributed by atoms with E-state index in [0.717, 1.165) is 50.4 Å². The van der Waals surface area contributed by atoms with Crippen molar-refractivity contribution in [1.82, 2.24) is 19.7 Å². The van der Waals surface area contributed by atoms with Gasteiger partial charge >= 0.3 is 0 Å². The lowest BCUT2D eigenvalue weighted by molar-refractivity contribution is -0.159. The van der Waals surface area contributed by atoms with Gasteiger partial charge in [-0.05, 0) is 25.7 Å². The van der Waals surface area contributed by atoms with Crippen LogP contribution in [-0.2, 0) is 27.2 Å². The van der Waals surface area contributed by atoms with Gasteiger partial charge < -0.3 is 18.9 Å². The Morgan fingerprint density at radius 2 is 2.04 bits per heavy atom. The Labute approximate surface area is 135 Å². The molecule has 3 aliphatic heterocycles. The minimum atomic E-state index is -0.462. The van der Waals surface area contributed by atoms with Crippen molar-refractivity contribution in [2.45, 2.75) is 57.2 Å². The number of likely N-dealkylation sites (tertiary alicyclic amines) is 1. The molecule has 2 fully saturated rings. The Bertz CT molecular complexity index is 568. The summed E-state index contributed by atoms with van der Waals surface area (Å²) in [6.07, 6.45) is 6.08. The molecule has 1 amide bonds. The molecule has 23 heavy (non-hydrogen) atoms. The molecule has 1 aromatic rings. The lowest BCUT2D eigenvalue weighted by atomic mass is 10.2. The van der Waals surface area contributed by atoms with Crippen molar-refractivity contribution in [2.75, 3.05) is 26.4 Å². The van der Waals surface area contributed by atoms with Crippen LogP contribution in [0.1, 0.15) is 49.8 Å². The summed E-state index contributed by atoms with van der Waals surface area (Å²) in [5, 5.41) is 8.83. The number of aromatic nitrogens is 3. The van der Waals surface area contributed by atoms with Gasteiger partial charge in [0, 0.05) is 19.5 Å². The summed E-state index contributed by atoms with van der Waals surface area (Å²) in [6.45, 7) is 3.17. The van der Waals surface area contributed by atoms with E-state index >= 15 is 0 Å². The second-order valence-corrected chi connectivity index (χ2v) is 6.56. The molecule has 0 spiro atoms. The molecular weight excluding hydrogens is 296 g/mol. The highest BCUT2D eigenvalue weighted by Crippen LogP contribution is 2.33. The zero-order valence-electron chi connectivity index (χ0n) is 13.4. The predicted octanol–water partition coefficient (Wildman–Crippen LogP) is 1.08. The molecule has 0 radical (unpaired) electrons. The quantitative estimate of drug-likeness (QED) is 0.816. The van der Waals surface area contributed by atoms with E-state index in [4.69, 9.17) is 9.47 Å². The van der Waals surface area contributed by atoms with E-state index in [-0.39, 0.29) is 11.9 Å². The first kappa shape index (κ1) is 15.1. The molecule has 7 heteroatoms. The van der Waals surface area contributed by atoms with Gasteiger partial charge in [0.1, 0.15) is 5.82 Å². The average Bonchev–Trinajstić information content (AvgIpc) is 3.16. The number of rotatable bonds is 2. The van der Waals surface area contributed by atoms with Crippen LogP contribution in [0.5, 0.6) is 0 Å². The largest absolute Gasteiger partial charge is 0.376 e. The van der Waals surface area contributed by atoms with Crippen LogP contribution >= 0.6 is 0 Å². The Kier molecular flexibility index (Phi) is 4.31. The van der Waals surface area contributed by atoms with Crippen molar-refractivity contribution in [2.24, 2.45) is 0 Å². The molecule has 0 aromatic carbocycles. The van der Waals surface area contributed by atoms with Gasteiger partial charge in [0.05, 0.1) is 25.9 Å². The Balaban J connectivity index is 1.56. The van der Waals surface area contributed by atoms with Crippen LogP contribution in [0.3, 0.4) is 0 Å². The summed E-state index contributed by atoms with van der Waals surface area (Å²) in [7, 11) is 0. The number of hydrogen-bond acceptors (Lipinski definition) is 5. The van der Waals surface area contributed by atoms with E-state index in [1.165, 1.54) is 12.8 Å². The van der Waals surface area contributed by atoms with Crippen LogP contribution in [0.25, 0.3) is 0 Å². The van der Waals surface area contributed by atoms with Gasteiger partial charge in [0.15, 0.2) is 11.9 Å². The molecule has 2 unspecified atom stereocenters. The minimum Gasteiger partial charge on any atom is -0.376 e. The zero-order chi connectivity index (χ0) is 15.6. The smallest absolute Gasteiger partial charge is 0.254 e. The summed E-state index contributed by atoms with van der Waals surface area (Å²) in [5.74, 6) is 2.08. The van der Waals surface area contributed by atoms with Gasteiger partial charge in [0.25, 0.3) is 5.91 Å². The molecule has 0 saturated carbocycles. The van der Waals surface area contributed by atoms with E-state index < -0.39 is 6.10 Å². The fraction of sp³-hybridized carbons (Fsp3) is 0.812. The van der Waals surface area contributed by atoms with Crippen molar-refractivity contribution in [3.05, 3.63) is 11.6 Å². The minimum absolute atomic E-state index is 0.0346. The topological polar surface area (TPSA) is 69.5 Å². The molecule has 1 aromatic heterocycles. The highest BCUT2D eigenvalue weighted by atomic mass is 16.6. The summed E-state index contributed by atoms with van der Waals surface area (Å²) < 4.78 is 13.2. The van der Waals surface area contributed by atoms with Crippen LogP contribution in [0, 0.1) is 0 Å². The zero-order valence-corrected chi connectivity index (χ0v) is 13.4. The SMILES string of the molecule is O=C(C1COCCO1)N1CCCC1c1nnc2n1CCCCC2. The third-order valence-electron chi connectivity index (χ3n) is 5.06. The maximum atomic E-state index is 12.8. The number of hydrogen-bond donors (Lipinski definition) is 0. The van der Waals surface area contributed by atoms with Crippen LogP contribution in [0.4, 0.5) is 0 Å². The normalized spacial score (nSPS) is 28.4. The number of carbonyl (C=O) groups excluding carboxylic acids is 1. The lowest BCUT2D eigenvalue weighted by Gasteiger charge is -2.30. The summed E-state index contributed by atoms with van der Waals surface area (Å²) in [5.41, 5.74) is 0. The van der Waals surface area contributed by atoms with Crippen LogP contribution in [0.15, 0.2) is 0 Å². The first-order valence-corrected chi connectivity index (χ1v) is 8.76. The number of amides is 1. The molecule has 0 bridgehead atoms. The van der Waals surface area contributed by atoms with Gasteiger partial charge in [-0.3, -0.25) is 4.79 Å². The van der Waals surface area contributed by atoms with E-state index in [1.807, 2.05) is 4.90 Å². The molecule has 4 rings (SSSR count). The molecule has 0 aliphatic carbocycles. The molecule has 126 valence electrons. The van der Waals surface area contributed by atoms with Crippen molar-refractivity contribution < 1.29 is 14.3 Å². The van der Waals surface area contributed by atoms with E-state index in [0.29, 0.717) is 19.8 Å². The Morgan fingerprint density at radius 3 is 2.91 bits per heavy atom. The summed E-state index contributed by atoms with van der Waals surface area (Å²) >= 11 is 0. The van der Waals surface area contributed by atoms with Crippen LogP contribution in [0.2, 0.25) is 0 Å². The Morgan fingerprint density at radius 1 is 1.09 bits per heavy atom. The van der Waals surface area contributed by atoms with E-state index in [1.54, 1.807) is 0 Å². The molecule has 3 aliphatic rings. The van der Waals surface area contributed by atoms with Crippen molar-refractivity contribution in [1.29, 1.82) is 0 Å². The van der Waals surface area contributed by atoms with E-state index in [9.17, 15) is 4.79 Å². The standard InChI is InChI=1S/C16H24N4O3/c21-16(13-11-22-9-10-23-13)19-8-4-5-12(19)15-18-17-14-6-2-1-3-7-20(14)15/h12-13H,1-11H2. The molecule has 2 saturated heterocycles. The fourth-order valence-electron chi connectivity index (χ4n) is 3.87. The van der Waals surface area contributed by atoms with Crippen LogP contribution in [-0.4, -0.2) is 58.0 Å². The van der Waals surface area contributed by atoms with E-state index in [2.05, 4.69) is 14.8 Å². The fourth-order valence-corrected chi connectivity index (χ4v) is 3.87. The number of nitrogens with zero attached hydrogens (tertiary/aromatic N) is 4. The highest BCUT2D eigenvalue weighted by molar-refractivity contribution is 5.81. The third-order valence-corrected chi connectivity index (χ3v) is 5.06. The molecular formula is C16H24N4O3. The van der Waals surface area contributed by atoms with Crippen molar-refractivity contribution >= 4 is 5.91 Å². The number of carbonyl (C=O) groups is 1. The molecule has 2 atom stereocenters. The van der Waals surface area contributed by atoms with Gasteiger partial charge in [-0.25, -0.2) is 0 Å². The maximum Gasteiger partial charge on any atom is 0.254 e. The average molecular weight is 320 g/mol. The highest BCUT2D eigenvalue weighted by Gasteiger charge is 2.38. The first-order valence-electron chi connectivity index (χ1n) is 8.76. The predicted molar refractivity (Wildman–Crippen MR) is 81.8 cm³/mol. The third kappa shape index (κ3) is 2.87. The summed E-state index contributed by atoms with van der Waals surface area (Å²) in [4.78, 5) is 14.7. The maximum absolute atomic E-state index is 12.8. The molecule has 0 N–H and O–H groups in total. The first-order chi connectivity index (χ1) is 11.3. The van der Waals surface area contributed by atoms with Gasteiger partial charge in [-0.2, -0.15) is 0 Å². The monoisotopic (exact) mass is 320 g/mol. The number of fused-ring (bicyclic) bond motifs is 1. The van der Waals surface area contributed by atoms with Crippen LogP contribution < -0.4 is 0 Å².